The molecule has 0 amide bonds. The van der Waals surface area contributed by atoms with Gasteiger partial charge in [0, 0.05) is 25.0 Å². The largest absolute Gasteiger partial charge is 0.300 e. The molecule has 2 rings (SSSR count). The molecule has 0 aromatic heterocycles. The summed E-state index contributed by atoms with van der Waals surface area (Å²) in [5.74, 6) is 0.781. The fourth-order valence-electron chi connectivity index (χ4n) is 1.87. The summed E-state index contributed by atoms with van der Waals surface area (Å²) in [5, 5.41) is 0. The van der Waals surface area contributed by atoms with Crippen molar-refractivity contribution in [2.75, 3.05) is 13.1 Å². The Kier molecular flexibility index (Phi) is 3.70. The fourth-order valence-corrected chi connectivity index (χ4v) is 1.87. The minimum Gasteiger partial charge on any atom is -0.300 e. The average molecular weight is 191 g/mol. The van der Waals surface area contributed by atoms with Crippen LogP contribution in [-0.4, -0.2) is 24.0 Å². The van der Waals surface area contributed by atoms with Crippen LogP contribution in [0.1, 0.15) is 32.8 Å². The van der Waals surface area contributed by atoms with E-state index in [9.17, 15) is 0 Å². The van der Waals surface area contributed by atoms with E-state index in [0.29, 0.717) is 6.04 Å². The van der Waals surface area contributed by atoms with Gasteiger partial charge in [0.1, 0.15) is 0 Å². The molecule has 0 atom stereocenters. The van der Waals surface area contributed by atoms with Gasteiger partial charge in [-0.15, -0.1) is 0 Å². The lowest BCUT2D eigenvalue weighted by Crippen LogP contribution is -2.48. The van der Waals surface area contributed by atoms with Crippen molar-refractivity contribution in [1.29, 1.82) is 0 Å². The van der Waals surface area contributed by atoms with Gasteiger partial charge in [-0.05, 0) is 19.4 Å². The molecule has 1 aliphatic heterocycles. The predicted molar refractivity (Wildman–Crippen MR) is 62.6 cm³/mol. The maximum Gasteiger partial charge on any atom is 0.00938 e. The van der Waals surface area contributed by atoms with Gasteiger partial charge in [0.05, 0.1) is 0 Å². The summed E-state index contributed by atoms with van der Waals surface area (Å²) in [6.07, 6.45) is 0. The van der Waals surface area contributed by atoms with Crippen LogP contribution in [0.5, 0.6) is 0 Å². The highest BCUT2D eigenvalue weighted by Crippen LogP contribution is 2.27. The molecule has 0 unspecified atom stereocenters. The van der Waals surface area contributed by atoms with Gasteiger partial charge >= 0.3 is 0 Å². The number of rotatable bonds is 2. The van der Waals surface area contributed by atoms with Crippen LogP contribution in [0.3, 0.4) is 0 Å². The van der Waals surface area contributed by atoms with Crippen LogP contribution in [0.2, 0.25) is 0 Å². The zero-order chi connectivity index (χ0) is 9.26. The molecule has 0 bridgehead atoms. The minimum atomic E-state index is 0. The summed E-state index contributed by atoms with van der Waals surface area (Å²) in [6.45, 7) is 7.01. The van der Waals surface area contributed by atoms with E-state index in [4.69, 9.17) is 0 Å². The molecular weight excluding hydrogens is 170 g/mol. The zero-order valence-electron chi connectivity index (χ0n) is 8.40. The Morgan fingerprint density at radius 2 is 1.71 bits per heavy atom. The first-order chi connectivity index (χ1) is 6.27. The second-order valence-corrected chi connectivity index (χ2v) is 4.16. The second kappa shape index (κ2) is 4.61. The summed E-state index contributed by atoms with van der Waals surface area (Å²) in [4.78, 5) is 2.51. The Balaban J connectivity index is 0.000000980. The Morgan fingerprint density at radius 1 is 1.14 bits per heavy atom. The van der Waals surface area contributed by atoms with Crippen molar-refractivity contribution in [1.82, 2.24) is 4.90 Å². The van der Waals surface area contributed by atoms with E-state index < -0.39 is 0 Å². The molecule has 1 aromatic rings. The Morgan fingerprint density at radius 3 is 2.21 bits per heavy atom. The number of hydrogen-bond donors (Lipinski definition) is 0. The summed E-state index contributed by atoms with van der Waals surface area (Å²) in [6, 6.07) is 11.5. The molecule has 0 radical (unpaired) electrons. The fraction of sp³-hybridized carbons (Fsp3) is 0.538. The molecule has 14 heavy (non-hydrogen) atoms. The van der Waals surface area contributed by atoms with E-state index in [0.717, 1.165) is 5.92 Å². The highest BCUT2D eigenvalue weighted by Gasteiger charge is 2.28. The van der Waals surface area contributed by atoms with Gasteiger partial charge in [-0.3, -0.25) is 4.90 Å². The molecule has 78 valence electrons. The van der Waals surface area contributed by atoms with Crippen molar-refractivity contribution < 1.29 is 0 Å². The SMILES string of the molecule is C.CC(C)N1CC(c2ccccc2)C1. The van der Waals surface area contributed by atoms with E-state index in [-0.39, 0.29) is 7.43 Å². The lowest BCUT2D eigenvalue weighted by atomic mass is 9.90. The first-order valence-corrected chi connectivity index (χ1v) is 5.06. The molecule has 0 saturated carbocycles. The van der Waals surface area contributed by atoms with Crippen LogP contribution >= 0.6 is 0 Å². The van der Waals surface area contributed by atoms with E-state index in [1.165, 1.54) is 18.7 Å². The van der Waals surface area contributed by atoms with Gasteiger partial charge in [0.25, 0.3) is 0 Å². The van der Waals surface area contributed by atoms with Crippen LogP contribution in [0.15, 0.2) is 30.3 Å². The Hall–Kier alpha value is -0.820. The molecule has 1 nitrogen and oxygen atoms in total. The summed E-state index contributed by atoms with van der Waals surface area (Å²) < 4.78 is 0. The smallest absolute Gasteiger partial charge is 0.00938 e. The van der Waals surface area contributed by atoms with Crippen LogP contribution in [0.25, 0.3) is 0 Å². The van der Waals surface area contributed by atoms with Crippen LogP contribution in [0.4, 0.5) is 0 Å². The van der Waals surface area contributed by atoms with E-state index in [1.54, 1.807) is 0 Å². The van der Waals surface area contributed by atoms with Gasteiger partial charge in [-0.1, -0.05) is 37.8 Å². The van der Waals surface area contributed by atoms with Crippen molar-refractivity contribution in [2.24, 2.45) is 0 Å². The van der Waals surface area contributed by atoms with Crippen LogP contribution < -0.4 is 0 Å². The minimum absolute atomic E-state index is 0. The van der Waals surface area contributed by atoms with Crippen molar-refractivity contribution in [3.63, 3.8) is 0 Å². The van der Waals surface area contributed by atoms with Crippen LogP contribution in [-0.2, 0) is 0 Å². The third-order valence-electron chi connectivity index (χ3n) is 2.91. The van der Waals surface area contributed by atoms with E-state index in [1.807, 2.05) is 0 Å². The number of benzene rings is 1. The summed E-state index contributed by atoms with van der Waals surface area (Å²) in [5.41, 5.74) is 1.50. The zero-order valence-corrected chi connectivity index (χ0v) is 8.40. The van der Waals surface area contributed by atoms with E-state index >= 15 is 0 Å². The molecule has 0 aliphatic carbocycles. The molecule has 1 aliphatic rings. The first-order valence-electron chi connectivity index (χ1n) is 5.06. The normalized spacial score (nSPS) is 17.6. The van der Waals surface area contributed by atoms with Gasteiger partial charge in [-0.2, -0.15) is 0 Å². The number of nitrogens with zero attached hydrogens (tertiary/aromatic N) is 1. The Labute approximate surface area is 87.7 Å². The van der Waals surface area contributed by atoms with Crippen molar-refractivity contribution in [2.45, 2.75) is 33.2 Å². The third-order valence-corrected chi connectivity index (χ3v) is 2.91. The van der Waals surface area contributed by atoms with Crippen LogP contribution in [0, 0.1) is 0 Å². The topological polar surface area (TPSA) is 3.24 Å². The second-order valence-electron chi connectivity index (χ2n) is 4.16. The van der Waals surface area contributed by atoms with Gasteiger partial charge in [-0.25, -0.2) is 0 Å². The molecule has 1 aromatic carbocycles. The number of likely N-dealkylation sites (tertiary alicyclic amines) is 1. The highest BCUT2D eigenvalue weighted by molar-refractivity contribution is 5.22. The quantitative estimate of drug-likeness (QED) is 0.694. The molecule has 1 fully saturated rings. The third kappa shape index (κ3) is 2.16. The lowest BCUT2D eigenvalue weighted by molar-refractivity contribution is 0.110. The maximum atomic E-state index is 2.51. The average Bonchev–Trinajstić information content (AvgIpc) is 2.02. The van der Waals surface area contributed by atoms with Crippen molar-refractivity contribution >= 4 is 0 Å². The predicted octanol–water partition coefficient (Wildman–Crippen LogP) is 3.13. The molecule has 1 saturated heterocycles. The molecule has 1 heteroatoms. The van der Waals surface area contributed by atoms with Gasteiger partial charge in [0.15, 0.2) is 0 Å². The standard InChI is InChI=1S/C12H17N.CH4/c1-10(2)13-8-12(9-13)11-6-4-3-5-7-11;/h3-7,10,12H,8-9H2,1-2H3;1H4. The van der Waals surface area contributed by atoms with E-state index in [2.05, 4.69) is 49.1 Å². The van der Waals surface area contributed by atoms with Gasteiger partial charge < -0.3 is 0 Å². The maximum absolute atomic E-state index is 2.51. The molecule has 0 N–H and O–H groups in total. The summed E-state index contributed by atoms with van der Waals surface area (Å²) >= 11 is 0. The van der Waals surface area contributed by atoms with Crippen molar-refractivity contribution in [3.8, 4) is 0 Å². The lowest BCUT2D eigenvalue weighted by Gasteiger charge is -2.42. The summed E-state index contributed by atoms with van der Waals surface area (Å²) in [7, 11) is 0. The first kappa shape index (κ1) is 11.3. The Bertz CT molecular complexity index is 260. The van der Waals surface area contributed by atoms with Gasteiger partial charge in [0.2, 0.25) is 0 Å². The molecule has 0 spiro atoms. The van der Waals surface area contributed by atoms with Crippen molar-refractivity contribution in [3.05, 3.63) is 35.9 Å². The highest BCUT2D eigenvalue weighted by atomic mass is 15.2. The monoisotopic (exact) mass is 191 g/mol. The molecular formula is C13H21N. The molecule has 1 heterocycles. The number of hydrogen-bond acceptors (Lipinski definition) is 1.